The maximum Gasteiger partial charge on any atom is 0.143 e. The van der Waals surface area contributed by atoms with E-state index >= 15 is 0 Å². The molecule has 0 saturated heterocycles. The van der Waals surface area contributed by atoms with Crippen LogP contribution in [0.5, 0.6) is 0 Å². The van der Waals surface area contributed by atoms with Crippen molar-refractivity contribution in [3.05, 3.63) is 96.6 Å². The summed E-state index contributed by atoms with van der Waals surface area (Å²) < 4.78 is 2.36. The SMILES string of the molecule is c1ccc(CNc2ccc3ccc(CC[C@@H]4CC[C@H](n5ccc6cncnc65)C4)cc3n2)cc1. The van der Waals surface area contributed by atoms with Crippen LogP contribution in [0.4, 0.5) is 5.82 Å². The van der Waals surface area contributed by atoms with Crippen molar-refractivity contribution in [2.75, 3.05) is 5.32 Å². The summed E-state index contributed by atoms with van der Waals surface area (Å²) in [5.41, 5.74) is 4.77. The Balaban J connectivity index is 1.09. The molecule has 2 atom stereocenters. The topological polar surface area (TPSA) is 55.6 Å². The van der Waals surface area contributed by atoms with Gasteiger partial charge in [0.1, 0.15) is 17.8 Å². The Kier molecular flexibility index (Phi) is 5.68. The lowest BCUT2D eigenvalue weighted by molar-refractivity contribution is 0.461. The molecule has 0 amide bonds. The summed E-state index contributed by atoms with van der Waals surface area (Å²) in [5.74, 6) is 1.68. The zero-order valence-electron chi connectivity index (χ0n) is 19.3. The third kappa shape index (κ3) is 4.38. The minimum atomic E-state index is 0.550. The van der Waals surface area contributed by atoms with Crippen molar-refractivity contribution in [2.45, 2.75) is 44.7 Å². The Morgan fingerprint density at radius 1 is 0.912 bits per heavy atom. The van der Waals surface area contributed by atoms with Crippen LogP contribution >= 0.6 is 0 Å². The van der Waals surface area contributed by atoms with E-state index in [2.05, 4.69) is 86.7 Å². The van der Waals surface area contributed by atoms with E-state index in [4.69, 9.17) is 4.98 Å². The summed E-state index contributed by atoms with van der Waals surface area (Å²) in [6, 6.07) is 24.1. The van der Waals surface area contributed by atoms with Gasteiger partial charge in [-0.1, -0.05) is 42.5 Å². The minimum Gasteiger partial charge on any atom is -0.366 e. The molecule has 3 heterocycles. The smallest absolute Gasteiger partial charge is 0.143 e. The van der Waals surface area contributed by atoms with Gasteiger partial charge in [0.05, 0.1) is 5.52 Å². The molecule has 1 N–H and O–H groups in total. The lowest BCUT2D eigenvalue weighted by Gasteiger charge is -2.14. The zero-order valence-corrected chi connectivity index (χ0v) is 19.3. The van der Waals surface area contributed by atoms with Crippen LogP contribution in [0.15, 0.2) is 85.5 Å². The van der Waals surface area contributed by atoms with Gasteiger partial charge < -0.3 is 9.88 Å². The maximum atomic E-state index is 4.88. The summed E-state index contributed by atoms with van der Waals surface area (Å²) in [7, 11) is 0. The molecular formula is C29H29N5. The second-order valence-electron chi connectivity index (χ2n) is 9.46. The molecule has 0 radical (unpaired) electrons. The van der Waals surface area contributed by atoms with Crippen LogP contribution in [-0.2, 0) is 13.0 Å². The van der Waals surface area contributed by atoms with Crippen LogP contribution in [0.3, 0.4) is 0 Å². The zero-order chi connectivity index (χ0) is 22.7. The number of aryl methyl sites for hydroxylation is 1. The van der Waals surface area contributed by atoms with Gasteiger partial charge in [-0.2, -0.15) is 0 Å². The molecule has 0 aliphatic heterocycles. The van der Waals surface area contributed by atoms with E-state index in [1.165, 1.54) is 42.2 Å². The second kappa shape index (κ2) is 9.26. The molecule has 6 rings (SSSR count). The lowest BCUT2D eigenvalue weighted by atomic mass is 9.97. The highest BCUT2D eigenvalue weighted by Gasteiger charge is 2.26. The van der Waals surface area contributed by atoms with E-state index in [0.717, 1.165) is 41.3 Å². The highest BCUT2D eigenvalue weighted by atomic mass is 15.1. The molecule has 1 fully saturated rings. The summed E-state index contributed by atoms with van der Waals surface area (Å²) in [6.45, 7) is 0.782. The Hall–Kier alpha value is -3.73. The Labute approximate surface area is 199 Å². The third-order valence-electron chi connectivity index (χ3n) is 7.20. The fraction of sp³-hybridized carbons (Fsp3) is 0.276. The highest BCUT2D eigenvalue weighted by molar-refractivity contribution is 5.81. The fourth-order valence-electron chi connectivity index (χ4n) is 5.33. The van der Waals surface area contributed by atoms with Crippen LogP contribution < -0.4 is 5.32 Å². The summed E-state index contributed by atoms with van der Waals surface area (Å²) >= 11 is 0. The lowest BCUT2D eigenvalue weighted by Crippen LogP contribution is -2.05. The molecule has 0 unspecified atom stereocenters. The van der Waals surface area contributed by atoms with Crippen LogP contribution in [0.25, 0.3) is 21.9 Å². The normalized spacial score (nSPS) is 18.0. The van der Waals surface area contributed by atoms with Crippen LogP contribution in [-0.4, -0.2) is 19.5 Å². The average Bonchev–Trinajstić information content (AvgIpc) is 3.53. The summed E-state index contributed by atoms with van der Waals surface area (Å²) in [6.07, 6.45) is 11.8. The monoisotopic (exact) mass is 447 g/mol. The molecule has 0 bridgehead atoms. The second-order valence-corrected chi connectivity index (χ2v) is 9.46. The molecule has 5 aromatic rings. The van der Waals surface area contributed by atoms with Gasteiger partial charge in [0, 0.05) is 35.8 Å². The molecule has 1 aliphatic carbocycles. The summed E-state index contributed by atoms with van der Waals surface area (Å²) in [5, 5.41) is 5.78. The number of anilines is 1. The molecule has 170 valence electrons. The van der Waals surface area contributed by atoms with Gasteiger partial charge >= 0.3 is 0 Å². The number of nitrogens with zero attached hydrogens (tertiary/aromatic N) is 4. The van der Waals surface area contributed by atoms with Gasteiger partial charge in [-0.15, -0.1) is 0 Å². The molecule has 34 heavy (non-hydrogen) atoms. The van der Waals surface area contributed by atoms with Crippen molar-refractivity contribution in [1.82, 2.24) is 19.5 Å². The first-order valence-electron chi connectivity index (χ1n) is 12.3. The first-order chi connectivity index (χ1) is 16.8. The van der Waals surface area contributed by atoms with Crippen molar-refractivity contribution < 1.29 is 0 Å². The largest absolute Gasteiger partial charge is 0.366 e. The number of hydrogen-bond acceptors (Lipinski definition) is 4. The molecule has 1 saturated carbocycles. The van der Waals surface area contributed by atoms with Crippen molar-refractivity contribution in [3.8, 4) is 0 Å². The van der Waals surface area contributed by atoms with E-state index in [1.807, 2.05) is 12.3 Å². The molecular weight excluding hydrogens is 418 g/mol. The molecule has 2 aromatic carbocycles. The van der Waals surface area contributed by atoms with Crippen LogP contribution in [0.1, 0.15) is 42.9 Å². The van der Waals surface area contributed by atoms with Gasteiger partial charge in [-0.05, 0) is 73.4 Å². The standard InChI is InChI=1S/C29H29N5/c1-2-4-23(5-3-1)18-31-28-13-11-24-10-8-22(17-27(24)33-28)7-6-21-9-12-26(16-21)34-15-14-25-19-30-20-32-29(25)34/h1-5,8,10-11,13-15,17,19-21,26H,6-7,9,12,16,18H2,(H,31,33)/t21-,26+/m1/s1. The van der Waals surface area contributed by atoms with E-state index in [-0.39, 0.29) is 0 Å². The number of benzene rings is 2. The number of rotatable bonds is 7. The number of nitrogens with one attached hydrogen (secondary N) is 1. The van der Waals surface area contributed by atoms with Gasteiger partial charge in [-0.25, -0.2) is 15.0 Å². The molecule has 5 heteroatoms. The van der Waals surface area contributed by atoms with Crippen molar-refractivity contribution in [1.29, 1.82) is 0 Å². The number of fused-ring (bicyclic) bond motifs is 2. The predicted octanol–water partition coefficient (Wildman–Crippen LogP) is 6.57. The number of pyridine rings is 1. The Morgan fingerprint density at radius 3 is 2.76 bits per heavy atom. The van der Waals surface area contributed by atoms with Crippen molar-refractivity contribution >= 4 is 27.8 Å². The first-order valence-corrected chi connectivity index (χ1v) is 12.3. The maximum absolute atomic E-state index is 4.88. The van der Waals surface area contributed by atoms with Crippen LogP contribution in [0, 0.1) is 5.92 Å². The van der Waals surface area contributed by atoms with E-state index in [9.17, 15) is 0 Å². The first kappa shape index (κ1) is 20.8. The van der Waals surface area contributed by atoms with Gasteiger partial charge in [0.2, 0.25) is 0 Å². The van der Waals surface area contributed by atoms with Crippen molar-refractivity contribution in [3.63, 3.8) is 0 Å². The van der Waals surface area contributed by atoms with E-state index in [0.29, 0.717) is 6.04 Å². The average molecular weight is 448 g/mol. The molecule has 1 aliphatic rings. The van der Waals surface area contributed by atoms with Gasteiger partial charge in [-0.3, -0.25) is 0 Å². The number of hydrogen-bond donors (Lipinski definition) is 1. The van der Waals surface area contributed by atoms with Crippen LogP contribution in [0.2, 0.25) is 0 Å². The number of aromatic nitrogens is 4. The third-order valence-corrected chi connectivity index (χ3v) is 7.20. The molecule has 3 aromatic heterocycles. The van der Waals surface area contributed by atoms with E-state index in [1.54, 1.807) is 6.33 Å². The Bertz CT molecular complexity index is 1410. The highest BCUT2D eigenvalue weighted by Crippen LogP contribution is 2.38. The van der Waals surface area contributed by atoms with Gasteiger partial charge in [0.25, 0.3) is 0 Å². The fourth-order valence-corrected chi connectivity index (χ4v) is 5.33. The van der Waals surface area contributed by atoms with E-state index < -0.39 is 0 Å². The predicted molar refractivity (Wildman–Crippen MR) is 138 cm³/mol. The van der Waals surface area contributed by atoms with Gasteiger partial charge in [0.15, 0.2) is 0 Å². The minimum absolute atomic E-state index is 0.550. The van der Waals surface area contributed by atoms with Crippen molar-refractivity contribution in [2.24, 2.45) is 5.92 Å². The molecule has 5 nitrogen and oxygen atoms in total. The Morgan fingerprint density at radius 2 is 1.82 bits per heavy atom. The summed E-state index contributed by atoms with van der Waals surface area (Å²) in [4.78, 5) is 13.5. The molecule has 0 spiro atoms. The quantitative estimate of drug-likeness (QED) is 0.307.